The first-order chi connectivity index (χ1) is 35.4. The second-order valence-electron chi connectivity index (χ2n) is 25.3. The Labute approximate surface area is 457 Å². The van der Waals surface area contributed by atoms with Gasteiger partial charge in [-0.05, 0) is 61.7 Å². The van der Waals surface area contributed by atoms with Gasteiger partial charge in [-0.1, -0.05) is 364 Å². The molecule has 1 aromatic heterocycles. The van der Waals surface area contributed by atoms with Crippen LogP contribution in [0.3, 0.4) is 0 Å². The third-order valence-corrected chi connectivity index (χ3v) is 18.4. The summed E-state index contributed by atoms with van der Waals surface area (Å²) in [6, 6.07) is 0. The predicted octanol–water partition coefficient (Wildman–Crippen LogP) is 25.8. The van der Waals surface area contributed by atoms with Gasteiger partial charge in [0.05, 0.1) is 11.9 Å². The number of unbranched alkanes of at least 4 members (excludes halogenated alkanes) is 42. The molecule has 1 aromatic rings. The van der Waals surface area contributed by atoms with E-state index in [1.807, 2.05) is 0 Å². The van der Waals surface area contributed by atoms with E-state index in [2.05, 4.69) is 78.7 Å². The van der Waals surface area contributed by atoms with Gasteiger partial charge in [-0.25, -0.2) is 4.98 Å². The summed E-state index contributed by atoms with van der Waals surface area (Å²) in [5.74, 6) is 0.696. The largest absolute Gasteiger partial charge is 0.330 e. The molecule has 0 saturated heterocycles. The number of nitrogens with zero attached hydrogens (tertiary/aromatic N) is 2. The summed E-state index contributed by atoms with van der Waals surface area (Å²) in [6.45, 7) is 19.5. The van der Waals surface area contributed by atoms with Gasteiger partial charge in [-0.15, -0.1) is 0 Å². The lowest BCUT2D eigenvalue weighted by Gasteiger charge is -2.63. The second-order valence-corrected chi connectivity index (χ2v) is 25.3. The van der Waals surface area contributed by atoms with Gasteiger partial charge < -0.3 is 4.57 Å². The van der Waals surface area contributed by atoms with Gasteiger partial charge in [-0.3, -0.25) is 0 Å². The number of rotatable bonds is 59. The first kappa shape index (κ1) is 69.2. The summed E-state index contributed by atoms with van der Waals surface area (Å²) < 4.78 is 2.96. The number of hydrogen-bond acceptors (Lipinski definition) is 1. The van der Waals surface area contributed by atoms with Crippen molar-refractivity contribution in [1.29, 1.82) is 0 Å². The van der Waals surface area contributed by atoms with Gasteiger partial charge in [0.1, 0.15) is 0 Å². The molecular formula is C70H138N2. The monoisotopic (exact) mass is 1010 g/mol. The van der Waals surface area contributed by atoms with Crippen molar-refractivity contribution >= 4 is 0 Å². The van der Waals surface area contributed by atoms with Crippen LogP contribution in [-0.4, -0.2) is 9.55 Å². The van der Waals surface area contributed by atoms with Gasteiger partial charge in [0.25, 0.3) is 0 Å². The zero-order valence-electron chi connectivity index (χ0n) is 51.6. The molecule has 0 radical (unpaired) electrons. The third kappa shape index (κ3) is 31.4. The average Bonchev–Trinajstić information content (AvgIpc) is 3.92. The van der Waals surface area contributed by atoms with Crippen molar-refractivity contribution in [3.63, 3.8) is 0 Å². The van der Waals surface area contributed by atoms with Crippen molar-refractivity contribution in [2.75, 3.05) is 0 Å². The molecule has 1 heterocycles. The summed E-state index contributed by atoms with van der Waals surface area (Å²) in [6.07, 6.45) is 85.6. The first-order valence-electron chi connectivity index (χ1n) is 34.4. The minimum absolute atomic E-state index is 0.0919. The van der Waals surface area contributed by atoms with Crippen LogP contribution < -0.4 is 0 Å². The molecule has 0 spiro atoms. The topological polar surface area (TPSA) is 17.8 Å². The maximum Gasteiger partial charge on any atom is 0.0951 e. The molecule has 0 aromatic carbocycles. The number of hydrogen-bond donors (Lipinski definition) is 0. The summed E-state index contributed by atoms with van der Waals surface area (Å²) >= 11 is 0. The van der Waals surface area contributed by atoms with Crippen molar-refractivity contribution in [3.8, 4) is 0 Å². The highest BCUT2D eigenvalue weighted by Gasteiger charge is 2.61. The summed E-state index contributed by atoms with van der Waals surface area (Å²) in [5, 5.41) is 0. The summed E-state index contributed by atoms with van der Waals surface area (Å²) in [5.41, 5.74) is 0.652. The molecule has 2 heteroatoms. The molecule has 2 nitrogen and oxygen atoms in total. The van der Waals surface area contributed by atoms with Gasteiger partial charge in [0.15, 0.2) is 0 Å². The van der Waals surface area contributed by atoms with E-state index in [1.165, 1.54) is 353 Å². The standard InChI is InChI=1S/C70H138N2/c1-9-15-21-27-33-39-45-51-57-68(58-52-46-40-34-28-22-16-10-2,59-53-47-41-35-29-23-17-11-3)70(72-64-63-71-66-72,62-56-50-44-38-32-26-20-14-6)69(65-67(7)8,60-54-48-42-36-30-24-18-12-4)61-55-49-43-37-31-25-19-13-5/h63-64,66-67H,9-62,65H2,1-8H3/t70-/m0/s1. The van der Waals surface area contributed by atoms with Crippen LogP contribution in [0.1, 0.15) is 409 Å². The Hall–Kier alpha value is -0.790. The maximum absolute atomic E-state index is 5.17. The predicted molar refractivity (Wildman–Crippen MR) is 328 cm³/mol. The Balaban J connectivity index is 4.15. The Kier molecular flexibility index (Phi) is 47.8. The minimum Gasteiger partial charge on any atom is -0.330 e. The van der Waals surface area contributed by atoms with E-state index in [9.17, 15) is 0 Å². The van der Waals surface area contributed by atoms with Crippen LogP contribution in [-0.2, 0) is 5.54 Å². The molecule has 0 aliphatic rings. The lowest BCUT2D eigenvalue weighted by molar-refractivity contribution is -0.124. The van der Waals surface area contributed by atoms with Crippen LogP contribution in [0.2, 0.25) is 0 Å². The van der Waals surface area contributed by atoms with Crippen LogP contribution in [0, 0.1) is 16.7 Å². The SMILES string of the molecule is CCCCCCCCCCC(CCCCCCCCCC)(CCCCCCCCCC)[C@](CCCCCCCCCC)(n1ccnc1)C(CCCCCCCCCC)(CCCCCCCCCC)CC(C)C. The molecule has 1 atom stereocenters. The molecule has 0 bridgehead atoms. The summed E-state index contributed by atoms with van der Waals surface area (Å²) in [4.78, 5) is 5.17. The lowest BCUT2D eigenvalue weighted by atomic mass is 9.46. The number of aromatic nitrogens is 2. The Bertz CT molecular complexity index is 1110. The van der Waals surface area contributed by atoms with Crippen molar-refractivity contribution in [2.24, 2.45) is 16.7 Å². The molecule has 0 unspecified atom stereocenters. The van der Waals surface area contributed by atoms with Gasteiger partial charge in [0.2, 0.25) is 0 Å². The normalized spacial score (nSPS) is 13.2. The molecule has 72 heavy (non-hydrogen) atoms. The van der Waals surface area contributed by atoms with Crippen molar-refractivity contribution in [2.45, 2.75) is 414 Å². The van der Waals surface area contributed by atoms with Crippen molar-refractivity contribution < 1.29 is 0 Å². The fraction of sp³-hybridized carbons (Fsp3) is 0.957. The third-order valence-electron chi connectivity index (χ3n) is 18.4. The van der Waals surface area contributed by atoms with E-state index in [0.717, 1.165) is 0 Å². The van der Waals surface area contributed by atoms with Crippen molar-refractivity contribution in [3.05, 3.63) is 18.7 Å². The van der Waals surface area contributed by atoms with E-state index < -0.39 is 0 Å². The second kappa shape index (κ2) is 49.8. The van der Waals surface area contributed by atoms with Gasteiger partial charge in [-0.2, -0.15) is 0 Å². The highest BCUT2D eigenvalue weighted by atomic mass is 15.1. The maximum atomic E-state index is 5.17. The van der Waals surface area contributed by atoms with Gasteiger partial charge in [0, 0.05) is 12.4 Å². The zero-order chi connectivity index (χ0) is 52.4. The van der Waals surface area contributed by atoms with Crippen molar-refractivity contribution in [1.82, 2.24) is 9.55 Å². The van der Waals surface area contributed by atoms with Crippen LogP contribution in [0.25, 0.3) is 0 Å². The van der Waals surface area contributed by atoms with Gasteiger partial charge >= 0.3 is 0 Å². The Morgan fingerprint density at radius 3 is 0.736 bits per heavy atom. The molecule has 0 N–H and O–H groups in total. The Morgan fingerprint density at radius 2 is 0.514 bits per heavy atom. The molecule has 0 amide bonds. The van der Waals surface area contributed by atoms with E-state index in [-0.39, 0.29) is 16.4 Å². The Morgan fingerprint density at radius 1 is 0.292 bits per heavy atom. The van der Waals surface area contributed by atoms with Crippen LogP contribution in [0.4, 0.5) is 0 Å². The average molecular weight is 1010 g/mol. The van der Waals surface area contributed by atoms with E-state index in [4.69, 9.17) is 4.98 Å². The smallest absolute Gasteiger partial charge is 0.0951 e. The molecule has 1 rings (SSSR count). The molecule has 428 valence electrons. The molecule has 0 aliphatic heterocycles. The van der Waals surface area contributed by atoms with Crippen LogP contribution in [0.5, 0.6) is 0 Å². The molecule has 0 aliphatic carbocycles. The fourth-order valence-electron chi connectivity index (χ4n) is 14.4. The first-order valence-corrected chi connectivity index (χ1v) is 34.4. The molecule has 0 saturated carbocycles. The molecular weight excluding hydrogens is 869 g/mol. The molecule has 0 fully saturated rings. The van der Waals surface area contributed by atoms with Crippen LogP contribution >= 0.6 is 0 Å². The highest BCUT2D eigenvalue weighted by molar-refractivity contribution is 5.14. The quantitative estimate of drug-likeness (QED) is 0.0595. The summed E-state index contributed by atoms with van der Waals surface area (Å²) in [7, 11) is 0. The van der Waals surface area contributed by atoms with E-state index in [0.29, 0.717) is 5.92 Å². The fourth-order valence-corrected chi connectivity index (χ4v) is 14.4. The minimum atomic E-state index is 0.0919. The van der Waals surface area contributed by atoms with E-state index >= 15 is 0 Å². The van der Waals surface area contributed by atoms with E-state index in [1.54, 1.807) is 0 Å². The van der Waals surface area contributed by atoms with Crippen LogP contribution in [0.15, 0.2) is 18.7 Å². The zero-order valence-corrected chi connectivity index (χ0v) is 51.6. The highest BCUT2D eigenvalue weighted by Crippen LogP contribution is 2.65. The lowest BCUT2D eigenvalue weighted by Crippen LogP contribution is -2.61. The number of imidazole rings is 1.